The minimum absolute atomic E-state index is 0.110. The molecule has 2 aromatic rings. The number of hydrogen-bond acceptors (Lipinski definition) is 4. The van der Waals surface area contributed by atoms with Crippen molar-refractivity contribution in [2.75, 3.05) is 11.9 Å². The first-order valence-corrected chi connectivity index (χ1v) is 7.85. The Hall–Kier alpha value is -2.53. The maximum atomic E-state index is 12.1. The number of benzene rings is 2. The summed E-state index contributed by atoms with van der Waals surface area (Å²) in [6, 6.07) is 12.1. The maximum Gasteiger partial charge on any atom is 0.262 e. The van der Waals surface area contributed by atoms with Gasteiger partial charge >= 0.3 is 0 Å². The van der Waals surface area contributed by atoms with E-state index in [9.17, 15) is 9.90 Å². The molecule has 0 aliphatic carbocycles. The maximum absolute atomic E-state index is 12.1. The molecule has 0 spiro atoms. The zero-order chi connectivity index (χ0) is 17.7. The van der Waals surface area contributed by atoms with Gasteiger partial charge in [0.05, 0.1) is 0 Å². The fraction of sp³-hybridized carbons (Fsp3) is 0.316. The Kier molecular flexibility index (Phi) is 5.46. The van der Waals surface area contributed by atoms with Gasteiger partial charge in [-0.3, -0.25) is 4.79 Å². The highest BCUT2D eigenvalue weighted by molar-refractivity contribution is 5.91. The van der Waals surface area contributed by atoms with Crippen LogP contribution < -0.4 is 15.8 Å². The van der Waals surface area contributed by atoms with Gasteiger partial charge in [0.25, 0.3) is 5.91 Å². The molecule has 0 unspecified atom stereocenters. The summed E-state index contributed by atoms with van der Waals surface area (Å²) in [5.74, 6) is 0.552. The van der Waals surface area contributed by atoms with E-state index in [4.69, 9.17) is 10.5 Å². The molecule has 0 aliphatic heterocycles. The number of anilines is 1. The van der Waals surface area contributed by atoms with Gasteiger partial charge in [0.15, 0.2) is 6.61 Å². The second-order valence-electron chi connectivity index (χ2n) is 6.63. The van der Waals surface area contributed by atoms with Gasteiger partial charge in [0.1, 0.15) is 11.5 Å². The lowest BCUT2D eigenvalue weighted by atomic mass is 9.85. The average Bonchev–Trinajstić information content (AvgIpc) is 2.54. The molecule has 0 saturated heterocycles. The van der Waals surface area contributed by atoms with E-state index in [-0.39, 0.29) is 23.7 Å². The van der Waals surface area contributed by atoms with E-state index in [1.165, 1.54) is 12.1 Å². The highest BCUT2D eigenvalue weighted by atomic mass is 16.5. The smallest absolute Gasteiger partial charge is 0.262 e. The van der Waals surface area contributed by atoms with Crippen LogP contribution in [-0.4, -0.2) is 17.6 Å². The van der Waals surface area contributed by atoms with Gasteiger partial charge < -0.3 is 20.9 Å². The Morgan fingerprint density at radius 1 is 1.17 bits per heavy atom. The molecule has 24 heavy (non-hydrogen) atoms. The van der Waals surface area contributed by atoms with Gasteiger partial charge in [-0.05, 0) is 35.2 Å². The first kappa shape index (κ1) is 17.8. The highest BCUT2D eigenvalue weighted by Gasteiger charge is 2.21. The number of phenols is 1. The molecule has 0 atom stereocenters. The van der Waals surface area contributed by atoms with E-state index in [0.29, 0.717) is 18.0 Å². The molecule has 128 valence electrons. The number of nitrogens with two attached hydrogens (primary N) is 1. The number of rotatable bonds is 5. The molecule has 5 heteroatoms. The van der Waals surface area contributed by atoms with Crippen LogP contribution in [0, 0.1) is 0 Å². The summed E-state index contributed by atoms with van der Waals surface area (Å²) in [4.78, 5) is 12.1. The third-order valence-electron chi connectivity index (χ3n) is 3.62. The van der Waals surface area contributed by atoms with Crippen molar-refractivity contribution in [3.05, 3.63) is 53.6 Å². The second-order valence-corrected chi connectivity index (χ2v) is 6.63. The molecule has 0 bridgehead atoms. The molecule has 0 aliphatic rings. The number of amides is 1. The van der Waals surface area contributed by atoms with Crippen molar-refractivity contribution in [1.82, 2.24) is 0 Å². The quantitative estimate of drug-likeness (QED) is 0.736. The zero-order valence-electron chi connectivity index (χ0n) is 14.3. The highest BCUT2D eigenvalue weighted by Crippen LogP contribution is 2.34. The number of hydrogen-bond donors (Lipinski definition) is 3. The summed E-state index contributed by atoms with van der Waals surface area (Å²) in [5, 5.41) is 12.0. The minimum atomic E-state index is -0.271. The molecular weight excluding hydrogens is 304 g/mol. The van der Waals surface area contributed by atoms with E-state index in [1.807, 2.05) is 18.2 Å². The Labute approximate surface area is 142 Å². The summed E-state index contributed by atoms with van der Waals surface area (Å²) in [6.07, 6.45) is 0. The molecule has 0 saturated carbocycles. The lowest BCUT2D eigenvalue weighted by Crippen LogP contribution is -2.23. The average molecular weight is 328 g/mol. The molecule has 0 radical (unpaired) electrons. The fourth-order valence-electron chi connectivity index (χ4n) is 2.39. The summed E-state index contributed by atoms with van der Waals surface area (Å²) < 4.78 is 5.80. The summed E-state index contributed by atoms with van der Waals surface area (Å²) in [7, 11) is 0. The van der Waals surface area contributed by atoms with Crippen LogP contribution in [0.1, 0.15) is 31.9 Å². The van der Waals surface area contributed by atoms with Gasteiger partial charge in [-0.1, -0.05) is 39.0 Å². The number of carbonyl (C=O) groups excluding carboxylic acids is 1. The van der Waals surface area contributed by atoms with E-state index in [0.717, 1.165) is 11.1 Å². The van der Waals surface area contributed by atoms with Gasteiger partial charge in [-0.25, -0.2) is 0 Å². The van der Waals surface area contributed by atoms with E-state index < -0.39 is 0 Å². The topological polar surface area (TPSA) is 84.6 Å². The minimum Gasteiger partial charge on any atom is -0.508 e. The van der Waals surface area contributed by atoms with Crippen LogP contribution in [-0.2, 0) is 16.8 Å². The van der Waals surface area contributed by atoms with Gasteiger partial charge in [-0.2, -0.15) is 0 Å². The van der Waals surface area contributed by atoms with Crippen LogP contribution in [0.3, 0.4) is 0 Å². The molecule has 0 aromatic heterocycles. The first-order chi connectivity index (χ1) is 11.3. The monoisotopic (exact) mass is 328 g/mol. The zero-order valence-corrected chi connectivity index (χ0v) is 14.3. The van der Waals surface area contributed by atoms with Crippen LogP contribution >= 0.6 is 0 Å². The van der Waals surface area contributed by atoms with Crippen molar-refractivity contribution >= 4 is 11.6 Å². The van der Waals surface area contributed by atoms with Crippen LogP contribution in [0.25, 0.3) is 0 Å². The number of nitrogens with one attached hydrogen (secondary N) is 1. The van der Waals surface area contributed by atoms with E-state index in [1.54, 1.807) is 12.1 Å². The van der Waals surface area contributed by atoms with Crippen molar-refractivity contribution in [2.24, 2.45) is 5.73 Å². The number of phenolic OH excluding ortho intramolecular Hbond substituents is 1. The molecule has 0 heterocycles. The number of carbonyl (C=O) groups is 1. The van der Waals surface area contributed by atoms with Crippen LogP contribution in [0.5, 0.6) is 11.5 Å². The molecule has 1 amide bonds. The lowest BCUT2D eigenvalue weighted by Gasteiger charge is -2.24. The summed E-state index contributed by atoms with van der Waals surface area (Å²) >= 11 is 0. The van der Waals surface area contributed by atoms with Crippen LogP contribution in [0.15, 0.2) is 42.5 Å². The Morgan fingerprint density at radius 3 is 2.42 bits per heavy atom. The molecular formula is C19H24N2O3. The predicted octanol–water partition coefficient (Wildman–Crippen LogP) is 3.17. The number of ether oxygens (including phenoxy) is 1. The Bertz CT molecular complexity index is 704. The Morgan fingerprint density at radius 2 is 1.83 bits per heavy atom. The molecule has 4 N–H and O–H groups in total. The second kappa shape index (κ2) is 7.36. The van der Waals surface area contributed by atoms with Crippen molar-refractivity contribution < 1.29 is 14.6 Å². The molecule has 2 rings (SSSR count). The number of aromatic hydroxyl groups is 1. The predicted molar refractivity (Wildman–Crippen MR) is 95.3 cm³/mol. The van der Waals surface area contributed by atoms with Gasteiger partial charge in [0.2, 0.25) is 0 Å². The third kappa shape index (κ3) is 4.49. The van der Waals surface area contributed by atoms with Gasteiger partial charge in [-0.15, -0.1) is 0 Å². The Balaban J connectivity index is 2.10. The van der Waals surface area contributed by atoms with Crippen molar-refractivity contribution in [1.29, 1.82) is 0 Å². The van der Waals surface area contributed by atoms with E-state index >= 15 is 0 Å². The van der Waals surface area contributed by atoms with E-state index in [2.05, 4.69) is 26.1 Å². The van der Waals surface area contributed by atoms with Gasteiger partial charge in [0, 0.05) is 17.8 Å². The normalized spacial score (nSPS) is 11.2. The third-order valence-corrected chi connectivity index (χ3v) is 3.62. The SMILES string of the molecule is CC(C)(C)c1cccc(CN)c1OCC(=O)Nc1ccc(O)cc1. The largest absolute Gasteiger partial charge is 0.508 e. The van der Waals surface area contributed by atoms with Crippen molar-refractivity contribution in [2.45, 2.75) is 32.7 Å². The number of para-hydroxylation sites is 1. The van der Waals surface area contributed by atoms with Crippen molar-refractivity contribution in [3.63, 3.8) is 0 Å². The molecule has 5 nitrogen and oxygen atoms in total. The molecule has 2 aromatic carbocycles. The standard InChI is InChI=1S/C19H24N2O3/c1-19(2,3)16-6-4-5-13(11-20)18(16)24-12-17(23)21-14-7-9-15(22)10-8-14/h4-10,22H,11-12,20H2,1-3H3,(H,21,23). The fourth-order valence-corrected chi connectivity index (χ4v) is 2.39. The van der Waals surface area contributed by atoms with Crippen LogP contribution in [0.2, 0.25) is 0 Å². The van der Waals surface area contributed by atoms with Crippen molar-refractivity contribution in [3.8, 4) is 11.5 Å². The summed E-state index contributed by atoms with van der Waals surface area (Å²) in [6.45, 7) is 6.50. The van der Waals surface area contributed by atoms with Crippen LogP contribution in [0.4, 0.5) is 5.69 Å². The lowest BCUT2D eigenvalue weighted by molar-refractivity contribution is -0.118. The first-order valence-electron chi connectivity index (χ1n) is 7.85. The molecule has 0 fully saturated rings. The summed E-state index contributed by atoms with van der Waals surface area (Å²) in [5.41, 5.74) is 8.18.